The number of aromatic nitrogens is 1. The van der Waals surface area contributed by atoms with Gasteiger partial charge >= 0.3 is 6.09 Å². The Bertz CT molecular complexity index is 952. The Hall–Kier alpha value is -2.25. The van der Waals surface area contributed by atoms with E-state index in [-0.39, 0.29) is 6.09 Å². The third kappa shape index (κ3) is 4.71. The molecule has 1 aromatic heterocycles. The van der Waals surface area contributed by atoms with Crippen LogP contribution in [-0.4, -0.2) is 85.6 Å². The number of carbonyl (C=O) groups excluding carboxylic acids is 1. The molecule has 0 atom stereocenters. The predicted octanol–water partition coefficient (Wildman–Crippen LogP) is 3.82. The smallest absolute Gasteiger partial charge is 0.409 e. The zero-order valence-electron chi connectivity index (χ0n) is 20.2. The highest BCUT2D eigenvalue weighted by Gasteiger charge is 2.31. The molecule has 3 fully saturated rings. The zero-order chi connectivity index (χ0) is 22.8. The van der Waals surface area contributed by atoms with Crippen LogP contribution in [-0.2, 0) is 16.5 Å². The van der Waals surface area contributed by atoms with Crippen molar-refractivity contribution in [2.45, 2.75) is 44.6 Å². The molecule has 180 valence electrons. The molecule has 3 aliphatic rings. The molecule has 4 heterocycles. The number of rotatable bonds is 4. The van der Waals surface area contributed by atoms with Crippen molar-refractivity contribution in [2.75, 3.05) is 64.0 Å². The zero-order valence-corrected chi connectivity index (χ0v) is 20.2. The van der Waals surface area contributed by atoms with Crippen LogP contribution in [0, 0.1) is 0 Å². The summed E-state index contributed by atoms with van der Waals surface area (Å²) in [4.78, 5) is 19.0. The lowest BCUT2D eigenvalue weighted by atomic mass is 9.87. The summed E-state index contributed by atoms with van der Waals surface area (Å²) in [7, 11) is 2.17. The highest BCUT2D eigenvalue weighted by atomic mass is 16.6. The van der Waals surface area contributed by atoms with Crippen molar-refractivity contribution in [3.63, 3.8) is 0 Å². The first kappa shape index (κ1) is 22.5. The third-order valence-electron chi connectivity index (χ3n) is 7.86. The van der Waals surface area contributed by atoms with Gasteiger partial charge in [-0.1, -0.05) is 0 Å². The quantitative estimate of drug-likeness (QED) is 0.703. The molecule has 0 bridgehead atoms. The van der Waals surface area contributed by atoms with Crippen LogP contribution in [0.5, 0.6) is 0 Å². The van der Waals surface area contributed by atoms with Crippen LogP contribution in [0.2, 0.25) is 0 Å². The van der Waals surface area contributed by atoms with E-state index in [4.69, 9.17) is 9.47 Å². The van der Waals surface area contributed by atoms with E-state index in [1.807, 2.05) is 11.8 Å². The second-order valence-corrected chi connectivity index (χ2v) is 9.72. The van der Waals surface area contributed by atoms with Crippen molar-refractivity contribution >= 4 is 22.7 Å². The van der Waals surface area contributed by atoms with Gasteiger partial charge in [0.25, 0.3) is 0 Å². The SMILES string of the molecule is CCOC(=O)N1CCC(N2CCC(c3cn(C)c4ccc(N5CCOCC5)cc34)CC2)CC1. The summed E-state index contributed by atoms with van der Waals surface area (Å²) in [5.41, 5.74) is 4.17. The summed E-state index contributed by atoms with van der Waals surface area (Å²) >= 11 is 0. The number of likely N-dealkylation sites (tertiary alicyclic amines) is 2. The molecule has 1 aromatic carbocycles. The molecular weight excluding hydrogens is 416 g/mol. The number of carbonyl (C=O) groups is 1. The van der Waals surface area contributed by atoms with E-state index in [9.17, 15) is 4.79 Å². The van der Waals surface area contributed by atoms with Gasteiger partial charge in [-0.25, -0.2) is 4.79 Å². The highest BCUT2D eigenvalue weighted by Crippen LogP contribution is 2.37. The van der Waals surface area contributed by atoms with Crippen LogP contribution in [0.4, 0.5) is 10.5 Å². The lowest BCUT2D eigenvalue weighted by Gasteiger charge is -2.41. The number of fused-ring (bicyclic) bond motifs is 1. The van der Waals surface area contributed by atoms with Gasteiger partial charge in [0, 0.05) is 62.1 Å². The van der Waals surface area contributed by atoms with Crippen LogP contribution in [0.25, 0.3) is 10.9 Å². The molecule has 0 unspecified atom stereocenters. The summed E-state index contributed by atoms with van der Waals surface area (Å²) in [6.45, 7) is 9.83. The molecule has 2 aromatic rings. The van der Waals surface area contributed by atoms with Gasteiger partial charge in [-0.3, -0.25) is 0 Å². The monoisotopic (exact) mass is 454 g/mol. The Morgan fingerprint density at radius 3 is 2.45 bits per heavy atom. The van der Waals surface area contributed by atoms with Gasteiger partial charge < -0.3 is 28.7 Å². The number of benzene rings is 1. The van der Waals surface area contributed by atoms with E-state index in [1.165, 1.54) is 35.0 Å². The molecule has 7 heteroatoms. The standard InChI is InChI=1S/C26H38N4O3/c1-3-33-26(31)30-12-8-21(9-13-30)28-10-6-20(7-11-28)24-19-27(2)25-5-4-22(18-23(24)25)29-14-16-32-17-15-29/h4-5,18-21H,3,6-17H2,1-2H3. The molecule has 5 rings (SSSR count). The van der Waals surface area contributed by atoms with E-state index in [0.29, 0.717) is 18.6 Å². The summed E-state index contributed by atoms with van der Waals surface area (Å²) in [5.74, 6) is 0.615. The first-order valence-electron chi connectivity index (χ1n) is 12.7. The molecule has 1 amide bonds. The van der Waals surface area contributed by atoms with Crippen LogP contribution in [0.1, 0.15) is 44.1 Å². The average Bonchev–Trinajstić information content (AvgIpc) is 3.20. The number of amides is 1. The van der Waals surface area contributed by atoms with Gasteiger partial charge in [0.15, 0.2) is 0 Å². The Labute approximate surface area is 197 Å². The van der Waals surface area contributed by atoms with Crippen LogP contribution < -0.4 is 4.90 Å². The largest absolute Gasteiger partial charge is 0.450 e. The minimum Gasteiger partial charge on any atom is -0.450 e. The summed E-state index contributed by atoms with van der Waals surface area (Å²) < 4.78 is 13.0. The Balaban J connectivity index is 1.23. The molecule has 33 heavy (non-hydrogen) atoms. The highest BCUT2D eigenvalue weighted by molar-refractivity contribution is 5.88. The topological polar surface area (TPSA) is 50.2 Å². The molecule has 0 aliphatic carbocycles. The van der Waals surface area contributed by atoms with Crippen molar-refractivity contribution in [1.29, 1.82) is 0 Å². The van der Waals surface area contributed by atoms with Gasteiger partial charge in [0.1, 0.15) is 0 Å². The lowest BCUT2D eigenvalue weighted by molar-refractivity contribution is 0.0663. The maximum absolute atomic E-state index is 12.0. The molecule has 3 saturated heterocycles. The van der Waals surface area contributed by atoms with Crippen molar-refractivity contribution in [1.82, 2.24) is 14.4 Å². The van der Waals surface area contributed by atoms with E-state index >= 15 is 0 Å². The summed E-state index contributed by atoms with van der Waals surface area (Å²) in [5, 5.41) is 1.42. The Kier molecular flexibility index (Phi) is 6.79. The number of hydrogen-bond donors (Lipinski definition) is 0. The molecule has 0 saturated carbocycles. The number of aryl methyl sites for hydroxylation is 1. The third-order valence-corrected chi connectivity index (χ3v) is 7.86. The van der Waals surface area contributed by atoms with E-state index < -0.39 is 0 Å². The van der Waals surface area contributed by atoms with Gasteiger partial charge in [0.05, 0.1) is 19.8 Å². The van der Waals surface area contributed by atoms with Gasteiger partial charge in [0.2, 0.25) is 0 Å². The second-order valence-electron chi connectivity index (χ2n) is 9.72. The lowest BCUT2D eigenvalue weighted by Crippen LogP contribution is -2.48. The van der Waals surface area contributed by atoms with Crippen LogP contribution >= 0.6 is 0 Å². The molecule has 7 nitrogen and oxygen atoms in total. The van der Waals surface area contributed by atoms with Crippen molar-refractivity contribution < 1.29 is 14.3 Å². The minimum atomic E-state index is -0.151. The van der Waals surface area contributed by atoms with Gasteiger partial charge in [-0.15, -0.1) is 0 Å². The van der Waals surface area contributed by atoms with Crippen molar-refractivity contribution in [2.24, 2.45) is 7.05 Å². The molecule has 3 aliphatic heterocycles. The number of morpholine rings is 1. The summed E-state index contributed by atoms with van der Waals surface area (Å²) in [6.07, 6.45) is 6.74. The van der Waals surface area contributed by atoms with Crippen LogP contribution in [0.3, 0.4) is 0 Å². The fraction of sp³-hybridized carbons (Fsp3) is 0.654. The molecule has 0 N–H and O–H groups in total. The summed E-state index contributed by atoms with van der Waals surface area (Å²) in [6, 6.07) is 7.56. The average molecular weight is 455 g/mol. The fourth-order valence-corrected chi connectivity index (χ4v) is 5.96. The Morgan fingerprint density at radius 2 is 1.76 bits per heavy atom. The second kappa shape index (κ2) is 9.94. The van der Waals surface area contributed by atoms with Gasteiger partial charge in [-0.05, 0) is 75.4 Å². The molecule has 0 radical (unpaired) electrons. The number of piperidine rings is 2. The minimum absolute atomic E-state index is 0.151. The van der Waals surface area contributed by atoms with E-state index in [0.717, 1.165) is 65.3 Å². The van der Waals surface area contributed by atoms with Crippen LogP contribution in [0.15, 0.2) is 24.4 Å². The number of ether oxygens (including phenoxy) is 2. The van der Waals surface area contributed by atoms with Crippen molar-refractivity contribution in [3.05, 3.63) is 30.0 Å². The first-order chi connectivity index (χ1) is 16.1. The van der Waals surface area contributed by atoms with Gasteiger partial charge in [-0.2, -0.15) is 0 Å². The number of nitrogens with zero attached hydrogens (tertiary/aromatic N) is 4. The normalized spacial score (nSPS) is 21.6. The van der Waals surface area contributed by atoms with Crippen molar-refractivity contribution in [3.8, 4) is 0 Å². The van der Waals surface area contributed by atoms with E-state index in [2.05, 4.69) is 45.8 Å². The molecular formula is C26H38N4O3. The number of anilines is 1. The predicted molar refractivity (Wildman–Crippen MR) is 131 cm³/mol. The number of hydrogen-bond acceptors (Lipinski definition) is 5. The van der Waals surface area contributed by atoms with E-state index in [1.54, 1.807) is 0 Å². The fourth-order valence-electron chi connectivity index (χ4n) is 5.96. The maximum Gasteiger partial charge on any atom is 0.409 e. The maximum atomic E-state index is 12.0. The first-order valence-corrected chi connectivity index (χ1v) is 12.7. The Morgan fingerprint density at radius 1 is 1.03 bits per heavy atom. The molecule has 0 spiro atoms.